The summed E-state index contributed by atoms with van der Waals surface area (Å²) in [6, 6.07) is 11.9. The predicted molar refractivity (Wildman–Crippen MR) is 196 cm³/mol. The second-order valence-electron chi connectivity index (χ2n) is 16.2. The molecule has 1 saturated carbocycles. The number of carbonyl (C=O) groups is 1. The minimum absolute atomic E-state index is 0.0300. The summed E-state index contributed by atoms with van der Waals surface area (Å²) in [7, 11) is -2.92. The summed E-state index contributed by atoms with van der Waals surface area (Å²) in [5, 5.41) is 10.4. The zero-order valence-corrected chi connectivity index (χ0v) is 30.8. The Morgan fingerprint density at radius 3 is 2.57 bits per heavy atom. The van der Waals surface area contributed by atoms with Crippen LogP contribution in [0, 0.1) is 29.1 Å². The van der Waals surface area contributed by atoms with Crippen LogP contribution in [0.15, 0.2) is 36.4 Å². The Balaban J connectivity index is 1.27. The Morgan fingerprint density at radius 2 is 1.84 bits per heavy atom. The van der Waals surface area contributed by atoms with Gasteiger partial charge in [-0.3, -0.25) is 9.52 Å². The van der Waals surface area contributed by atoms with Gasteiger partial charge in [-0.25, -0.2) is 4.21 Å². The molecule has 49 heavy (non-hydrogen) atoms. The maximum Gasteiger partial charge on any atom is 0.262 e. The number of fused-ring (bicyclic) bond motifs is 4. The first-order valence-electron chi connectivity index (χ1n) is 18.2. The van der Waals surface area contributed by atoms with E-state index >= 15 is 0 Å². The summed E-state index contributed by atoms with van der Waals surface area (Å²) in [4.78, 5) is 16.2. The lowest BCUT2D eigenvalue weighted by Crippen LogP contribution is -2.52. The van der Waals surface area contributed by atoms with Crippen molar-refractivity contribution in [3.05, 3.63) is 58.1 Å². The lowest BCUT2D eigenvalue weighted by Gasteiger charge is -2.49. The van der Waals surface area contributed by atoms with E-state index in [1.54, 1.807) is 6.07 Å². The second kappa shape index (κ2) is 13.7. The van der Waals surface area contributed by atoms with Crippen LogP contribution in [0.25, 0.3) is 0 Å². The summed E-state index contributed by atoms with van der Waals surface area (Å²) in [6.07, 6.45) is 7.71. The van der Waals surface area contributed by atoms with Gasteiger partial charge in [0, 0.05) is 45.7 Å². The SMILES string of the molecule is C=S1(=O)NC(=O)c2ccc3c(c2)N(C[C@@H]2CC[C@H]2[C@H](C2OCC(C)(CO)CO2)CCC[C@H](C)[C@H]1C)C[C@@]1(CCCc2cc(Cl)ccc21)CO3. The average molecular weight is 713 g/mol. The first kappa shape index (κ1) is 35.1. The normalized spacial score (nSPS) is 38.3. The van der Waals surface area contributed by atoms with E-state index in [9.17, 15) is 14.1 Å². The number of aryl methyl sites for hydroxylation is 1. The van der Waals surface area contributed by atoms with E-state index in [-0.39, 0.29) is 41.3 Å². The van der Waals surface area contributed by atoms with Crippen molar-refractivity contribution in [3.8, 4) is 5.75 Å². The van der Waals surface area contributed by atoms with Gasteiger partial charge in [0.25, 0.3) is 5.91 Å². The maximum atomic E-state index is 13.9. The van der Waals surface area contributed by atoms with Gasteiger partial charge in [0.1, 0.15) is 5.75 Å². The molecule has 2 aromatic carbocycles. The molecule has 1 saturated heterocycles. The quantitative estimate of drug-likeness (QED) is 0.348. The number of rotatable bonds is 2. The van der Waals surface area contributed by atoms with Crippen LogP contribution in [0.1, 0.15) is 87.2 Å². The second-order valence-corrected chi connectivity index (χ2v) is 19.0. The zero-order chi connectivity index (χ0) is 34.6. The van der Waals surface area contributed by atoms with E-state index in [0.29, 0.717) is 37.2 Å². The number of anilines is 1. The van der Waals surface area contributed by atoms with Crippen molar-refractivity contribution < 1.29 is 28.3 Å². The van der Waals surface area contributed by atoms with E-state index in [4.69, 9.17) is 25.8 Å². The Bertz CT molecular complexity index is 1660. The van der Waals surface area contributed by atoms with Crippen molar-refractivity contribution in [2.24, 2.45) is 29.1 Å². The number of aliphatic hydroxyl groups is 1. The Kier molecular flexibility index (Phi) is 9.80. The molecule has 5 aliphatic rings. The number of ether oxygens (including phenoxy) is 3. The third kappa shape index (κ3) is 6.87. The van der Waals surface area contributed by atoms with Crippen LogP contribution in [0.2, 0.25) is 5.02 Å². The molecular formula is C39H53ClN2O6S. The molecule has 0 aromatic heterocycles. The standard InChI is InChI=1S/C39H53ClN2O6S/c1-25-7-5-9-32(37-47-22-38(3,21-43)23-48-37)31-13-10-29(31)19-42-20-39(16-6-8-27-17-30(40)12-14-33(27)39)24-46-35-15-11-28(18-34(35)42)36(44)41-49(4,45)26(25)2/h11-12,14-15,17-18,25-26,29,31-32,37,43H,4-10,13,16,19-24H2,1-3H3,(H,41,44,45)/t25-,26+,29-,31+,32+,37?,38?,39-,49?/m0/s1. The summed E-state index contributed by atoms with van der Waals surface area (Å²) in [5.41, 5.74) is 3.34. The molecule has 3 heterocycles. The Labute approximate surface area is 297 Å². The fourth-order valence-corrected chi connectivity index (χ4v) is 10.8. The molecule has 2 bridgehead atoms. The number of hydrogen-bond donors (Lipinski definition) is 2. The topological polar surface area (TPSA) is 97.3 Å². The molecule has 1 unspecified atom stereocenters. The highest BCUT2D eigenvalue weighted by Gasteiger charge is 2.47. The van der Waals surface area contributed by atoms with Gasteiger partial charge < -0.3 is 24.2 Å². The molecule has 2 aliphatic carbocycles. The fourth-order valence-electron chi connectivity index (χ4n) is 9.06. The van der Waals surface area contributed by atoms with Gasteiger partial charge in [0.05, 0.1) is 41.8 Å². The van der Waals surface area contributed by atoms with Crippen molar-refractivity contribution in [1.82, 2.24) is 4.72 Å². The molecule has 7 atom stereocenters. The number of nitrogens with one attached hydrogen (secondary N) is 1. The highest BCUT2D eigenvalue weighted by molar-refractivity contribution is 7.99. The molecule has 0 radical (unpaired) electrons. The molecular weight excluding hydrogens is 660 g/mol. The highest BCUT2D eigenvalue weighted by atomic mass is 35.5. The van der Waals surface area contributed by atoms with Gasteiger partial charge in [-0.1, -0.05) is 37.9 Å². The zero-order valence-electron chi connectivity index (χ0n) is 29.3. The number of benzene rings is 2. The van der Waals surface area contributed by atoms with E-state index in [1.807, 2.05) is 32.0 Å². The Hall–Kier alpha value is -2.30. The molecule has 7 rings (SSSR count). The monoisotopic (exact) mass is 712 g/mol. The molecule has 1 spiro atoms. The molecule has 1 amide bonds. The van der Waals surface area contributed by atoms with Gasteiger partial charge in [-0.2, -0.15) is 0 Å². The predicted octanol–water partition coefficient (Wildman–Crippen LogP) is 6.40. The maximum absolute atomic E-state index is 13.9. The van der Waals surface area contributed by atoms with Crippen LogP contribution in [0.5, 0.6) is 5.75 Å². The van der Waals surface area contributed by atoms with Crippen LogP contribution in [0.4, 0.5) is 5.69 Å². The van der Waals surface area contributed by atoms with Crippen LogP contribution >= 0.6 is 11.6 Å². The molecule has 2 fully saturated rings. The minimum atomic E-state index is -2.92. The van der Waals surface area contributed by atoms with Crippen LogP contribution in [-0.2, 0) is 31.0 Å². The molecule has 2 N–H and O–H groups in total. The lowest BCUT2D eigenvalue weighted by molar-refractivity contribution is -0.265. The summed E-state index contributed by atoms with van der Waals surface area (Å²) in [6.45, 7) is 9.17. The average Bonchev–Trinajstić information content (AvgIpc) is 3.22. The van der Waals surface area contributed by atoms with Crippen molar-refractivity contribution in [1.29, 1.82) is 0 Å². The molecule has 10 heteroatoms. The number of aliphatic hydroxyl groups excluding tert-OH is 1. The number of amides is 1. The third-order valence-electron chi connectivity index (χ3n) is 12.6. The third-order valence-corrected chi connectivity index (χ3v) is 15.0. The van der Waals surface area contributed by atoms with Crippen molar-refractivity contribution in [3.63, 3.8) is 0 Å². The number of carbonyl (C=O) groups excluding carboxylic acids is 1. The fraction of sp³-hybridized carbons (Fsp3) is 0.641. The van der Waals surface area contributed by atoms with Gasteiger partial charge in [-0.15, -0.1) is 0 Å². The molecule has 3 aliphatic heterocycles. The van der Waals surface area contributed by atoms with Crippen molar-refractivity contribution in [2.75, 3.05) is 44.4 Å². The lowest BCUT2D eigenvalue weighted by atomic mass is 9.64. The number of hydrogen-bond acceptors (Lipinski definition) is 7. The van der Waals surface area contributed by atoms with Crippen LogP contribution in [-0.4, -0.2) is 72.2 Å². The molecule has 2 aromatic rings. The molecule has 268 valence electrons. The van der Waals surface area contributed by atoms with Crippen LogP contribution in [0.3, 0.4) is 0 Å². The van der Waals surface area contributed by atoms with E-state index < -0.39 is 15.1 Å². The largest absolute Gasteiger partial charge is 0.490 e. The van der Waals surface area contributed by atoms with E-state index in [2.05, 4.69) is 34.5 Å². The first-order chi connectivity index (χ1) is 23.4. The summed E-state index contributed by atoms with van der Waals surface area (Å²) < 4.78 is 36.3. The minimum Gasteiger partial charge on any atom is -0.490 e. The molecule has 8 nitrogen and oxygen atoms in total. The van der Waals surface area contributed by atoms with Gasteiger partial charge in [-0.05, 0) is 117 Å². The number of halogens is 1. The summed E-state index contributed by atoms with van der Waals surface area (Å²) in [5.74, 6) is 5.58. The van der Waals surface area contributed by atoms with Gasteiger partial charge >= 0.3 is 0 Å². The number of nitrogens with zero attached hydrogens (tertiary/aromatic N) is 1. The van der Waals surface area contributed by atoms with Crippen molar-refractivity contribution >= 4 is 38.8 Å². The van der Waals surface area contributed by atoms with E-state index in [0.717, 1.165) is 80.9 Å². The Morgan fingerprint density at radius 1 is 1.04 bits per heavy atom. The van der Waals surface area contributed by atoms with Crippen molar-refractivity contribution in [2.45, 2.75) is 89.1 Å². The first-order valence-corrected chi connectivity index (χ1v) is 20.4. The van der Waals surface area contributed by atoms with Gasteiger partial charge in [0.15, 0.2) is 6.29 Å². The highest BCUT2D eigenvalue weighted by Crippen LogP contribution is 2.49. The smallest absolute Gasteiger partial charge is 0.262 e. The summed E-state index contributed by atoms with van der Waals surface area (Å²) >= 11 is 6.48. The van der Waals surface area contributed by atoms with Gasteiger partial charge in [0.2, 0.25) is 0 Å². The van der Waals surface area contributed by atoms with E-state index in [1.165, 1.54) is 11.1 Å². The van der Waals surface area contributed by atoms with Crippen LogP contribution < -0.4 is 14.4 Å².